The fourth-order valence-electron chi connectivity index (χ4n) is 9.95. The minimum absolute atomic E-state index is 0.00286. The standard InChI is InChI=1S/C67H65N5O7S2Si/c1-65(2,3)82(5,6)78-43-25-26-48-45-80-62-58(61(74)72(62)59(48)63(75)77-44-47-39-41-55(76-4)42-40-47)69-60(73)57(71-79-67(52-33-19-10-20-34-52,53-35-21-11-22-36-53)54-37-23-12-24-38-54)56-46-81-64(68-56)70-66(49-27-13-7-14-28-49,50-29-15-8-16-30-50)51-31-17-9-18-32-51/h7-42,46,58,62H,43-45H2,1-6H3,(H,68,70)(H,69,73)/b26-25-,71-57-/t58-,62-/m1/s1. The molecule has 0 bridgehead atoms. The van der Waals surface area contributed by atoms with Gasteiger partial charge < -0.3 is 29.4 Å². The highest BCUT2D eigenvalue weighted by Crippen LogP contribution is 2.45. The summed E-state index contributed by atoms with van der Waals surface area (Å²) in [5.41, 5.74) is 4.34. The minimum atomic E-state index is -2.10. The van der Waals surface area contributed by atoms with E-state index in [4.69, 9.17) is 28.9 Å². The summed E-state index contributed by atoms with van der Waals surface area (Å²) in [7, 11) is -0.509. The van der Waals surface area contributed by atoms with E-state index in [1.807, 2.05) is 170 Å². The average molecular weight is 1140 g/mol. The number of ether oxygens (including phenoxy) is 2. The first kappa shape index (κ1) is 56.9. The Labute approximate surface area is 489 Å². The number of carbonyl (C=O) groups is 3. The van der Waals surface area contributed by atoms with Gasteiger partial charge in [0, 0.05) is 27.8 Å². The van der Waals surface area contributed by atoms with Crippen LogP contribution in [-0.4, -0.2) is 72.6 Å². The zero-order chi connectivity index (χ0) is 57.3. The SMILES string of the molecule is COc1ccc(COC(=O)C2=C(/C=C\CO[Si](C)(C)C(C)(C)C)CS[C@@H]3[C@H](NC(=O)/C(=N\OC(c4ccccc4)(c4ccccc4)c4ccccc4)c4csc(NC(c5ccccc5)(c5ccccc5)c5ccccc5)n4)C(=O)N23)cc1. The lowest BCUT2D eigenvalue weighted by molar-refractivity contribution is -0.153. The second-order valence-corrected chi connectivity index (χ2v) is 28.2. The number of rotatable bonds is 21. The summed E-state index contributed by atoms with van der Waals surface area (Å²) in [6.45, 7) is 11.2. The normalized spacial score (nSPS) is 15.8. The Balaban J connectivity index is 1.03. The van der Waals surface area contributed by atoms with E-state index in [1.165, 1.54) is 28.0 Å². The third-order valence-corrected chi connectivity index (χ3v) is 21.9. The van der Waals surface area contributed by atoms with Gasteiger partial charge in [0.1, 0.15) is 40.7 Å². The van der Waals surface area contributed by atoms with Gasteiger partial charge in [-0.15, -0.1) is 23.1 Å². The number of nitrogens with one attached hydrogen (secondary N) is 2. The summed E-state index contributed by atoms with van der Waals surface area (Å²) in [6.07, 6.45) is 3.73. The molecule has 12 nitrogen and oxygen atoms in total. The molecule has 416 valence electrons. The van der Waals surface area contributed by atoms with Gasteiger partial charge in [-0.25, -0.2) is 9.78 Å². The number of hydrogen-bond acceptors (Lipinski definition) is 12. The van der Waals surface area contributed by atoms with Crippen molar-refractivity contribution in [1.29, 1.82) is 0 Å². The minimum Gasteiger partial charge on any atom is -0.497 e. The average Bonchev–Trinajstić information content (AvgIpc) is 3.54. The first-order valence-electron chi connectivity index (χ1n) is 27.2. The number of aromatic nitrogens is 1. The molecule has 1 fully saturated rings. The zero-order valence-corrected chi connectivity index (χ0v) is 49.3. The number of β-lactam (4-membered cyclic amide) rings is 1. The lowest BCUT2D eigenvalue weighted by Crippen LogP contribution is -2.71. The van der Waals surface area contributed by atoms with Gasteiger partial charge in [0.2, 0.25) is 5.60 Å². The molecule has 10 rings (SSSR count). The van der Waals surface area contributed by atoms with Gasteiger partial charge in [-0.1, -0.05) is 232 Å². The number of hydrogen-bond donors (Lipinski definition) is 2. The van der Waals surface area contributed by atoms with Crippen LogP contribution in [0.3, 0.4) is 0 Å². The van der Waals surface area contributed by atoms with Crippen molar-refractivity contribution < 1.29 is 33.1 Å². The quantitative estimate of drug-likeness (QED) is 0.0178. The monoisotopic (exact) mass is 1140 g/mol. The van der Waals surface area contributed by atoms with Crippen LogP contribution in [0.1, 0.15) is 65.4 Å². The summed E-state index contributed by atoms with van der Waals surface area (Å²) in [6, 6.07) is 65.9. The van der Waals surface area contributed by atoms with E-state index in [9.17, 15) is 9.59 Å². The van der Waals surface area contributed by atoms with Crippen molar-refractivity contribution in [2.45, 2.75) is 68.1 Å². The molecule has 2 aliphatic rings. The summed E-state index contributed by atoms with van der Waals surface area (Å²) in [5, 5.41) is 13.4. The molecule has 0 radical (unpaired) electrons. The molecule has 3 heterocycles. The Hall–Kier alpha value is -8.34. The number of thioether (sulfide) groups is 1. The second kappa shape index (κ2) is 24.8. The molecule has 0 unspecified atom stereocenters. The van der Waals surface area contributed by atoms with E-state index in [0.717, 1.165) is 38.9 Å². The van der Waals surface area contributed by atoms with Crippen molar-refractivity contribution in [3.63, 3.8) is 0 Å². The molecule has 0 aliphatic carbocycles. The fraction of sp³-hybridized carbons (Fsp3) is 0.209. The van der Waals surface area contributed by atoms with Crippen molar-refractivity contribution in [3.8, 4) is 5.75 Å². The summed E-state index contributed by atoms with van der Waals surface area (Å²) < 4.78 is 17.7. The van der Waals surface area contributed by atoms with E-state index >= 15 is 4.79 Å². The van der Waals surface area contributed by atoms with Crippen molar-refractivity contribution in [2.24, 2.45) is 5.16 Å². The first-order chi connectivity index (χ1) is 39.7. The van der Waals surface area contributed by atoms with Crippen molar-refractivity contribution in [3.05, 3.63) is 280 Å². The molecule has 1 saturated heterocycles. The predicted molar refractivity (Wildman–Crippen MR) is 329 cm³/mol. The number of benzene rings is 7. The van der Waals surface area contributed by atoms with E-state index < -0.39 is 48.7 Å². The number of anilines is 1. The lowest BCUT2D eigenvalue weighted by Gasteiger charge is -2.49. The molecular formula is C67H65N5O7S2Si. The summed E-state index contributed by atoms with van der Waals surface area (Å²) >= 11 is 2.75. The second-order valence-electron chi connectivity index (χ2n) is 21.5. The van der Waals surface area contributed by atoms with Crippen molar-refractivity contribution in [1.82, 2.24) is 15.2 Å². The highest BCUT2D eigenvalue weighted by atomic mass is 32.2. The van der Waals surface area contributed by atoms with Crippen LogP contribution < -0.4 is 15.4 Å². The topological polar surface area (TPSA) is 141 Å². The molecule has 0 spiro atoms. The molecule has 7 aromatic carbocycles. The number of nitrogens with zero attached hydrogens (tertiary/aromatic N) is 3. The first-order valence-corrected chi connectivity index (χ1v) is 32.0. The number of oxime groups is 1. The third kappa shape index (κ3) is 11.7. The maximum atomic E-state index is 15.5. The molecule has 15 heteroatoms. The van der Waals surface area contributed by atoms with Crippen molar-refractivity contribution in [2.75, 3.05) is 24.8 Å². The summed E-state index contributed by atoms with van der Waals surface area (Å²) in [4.78, 5) is 58.3. The Bertz CT molecular complexity index is 3390. The predicted octanol–water partition coefficient (Wildman–Crippen LogP) is 13.2. The van der Waals surface area contributed by atoms with Crippen LogP contribution in [0.25, 0.3) is 0 Å². The third-order valence-electron chi connectivity index (χ3n) is 15.4. The number of allylic oxidation sites excluding steroid dienone is 1. The molecule has 2 aliphatic heterocycles. The van der Waals surface area contributed by atoms with Gasteiger partial charge in [0.15, 0.2) is 19.2 Å². The van der Waals surface area contributed by atoms with Gasteiger partial charge in [-0.2, -0.15) is 0 Å². The molecule has 82 heavy (non-hydrogen) atoms. The molecular weight excluding hydrogens is 1080 g/mol. The molecule has 8 aromatic rings. The highest BCUT2D eigenvalue weighted by molar-refractivity contribution is 8.00. The smallest absolute Gasteiger partial charge is 0.355 e. The van der Waals surface area contributed by atoms with Gasteiger partial charge in [0.25, 0.3) is 11.8 Å². The Morgan fingerprint density at radius 3 is 1.67 bits per heavy atom. The maximum absolute atomic E-state index is 15.5. The van der Waals surface area contributed by atoms with E-state index in [-0.39, 0.29) is 28.7 Å². The van der Waals surface area contributed by atoms with E-state index in [0.29, 0.717) is 28.8 Å². The number of methoxy groups -OCH3 is 1. The zero-order valence-electron chi connectivity index (χ0n) is 46.7. The highest BCUT2D eigenvalue weighted by Gasteiger charge is 2.55. The van der Waals surface area contributed by atoms with E-state index in [2.05, 4.69) is 80.9 Å². The van der Waals surface area contributed by atoms with Gasteiger partial charge in [-0.3, -0.25) is 14.5 Å². The van der Waals surface area contributed by atoms with Crippen LogP contribution in [0.5, 0.6) is 5.75 Å². The van der Waals surface area contributed by atoms with Gasteiger partial charge in [0.05, 0.1) is 13.7 Å². The van der Waals surface area contributed by atoms with Crippen LogP contribution in [-0.2, 0) is 46.1 Å². The van der Waals surface area contributed by atoms with Crippen LogP contribution in [0.4, 0.5) is 5.13 Å². The van der Waals surface area contributed by atoms with Crippen LogP contribution >= 0.6 is 23.1 Å². The van der Waals surface area contributed by atoms with Gasteiger partial charge in [-0.05, 0) is 58.1 Å². The molecule has 1 aromatic heterocycles. The maximum Gasteiger partial charge on any atom is 0.355 e. The number of carbonyl (C=O) groups excluding carboxylic acids is 3. The molecule has 2 N–H and O–H groups in total. The Kier molecular flexibility index (Phi) is 17.2. The fourth-order valence-corrected chi connectivity index (χ4v) is 13.0. The number of amides is 2. The Morgan fingerprint density at radius 1 is 0.707 bits per heavy atom. The van der Waals surface area contributed by atoms with Crippen LogP contribution in [0, 0.1) is 0 Å². The number of esters is 1. The molecule has 2 amide bonds. The largest absolute Gasteiger partial charge is 0.497 e. The molecule has 2 atom stereocenters. The molecule has 0 saturated carbocycles. The number of fused-ring (bicyclic) bond motifs is 1. The summed E-state index contributed by atoms with van der Waals surface area (Å²) in [5.74, 6) is -0.854. The van der Waals surface area contributed by atoms with E-state index in [1.54, 1.807) is 24.6 Å². The number of thiazole rings is 1. The van der Waals surface area contributed by atoms with Crippen LogP contribution in [0.2, 0.25) is 18.1 Å². The van der Waals surface area contributed by atoms with Crippen molar-refractivity contribution >= 4 is 60.0 Å². The Morgan fingerprint density at radius 2 is 1.20 bits per heavy atom. The lowest BCUT2D eigenvalue weighted by atomic mass is 9.77. The van der Waals surface area contributed by atoms with Crippen LogP contribution in [0.15, 0.2) is 240 Å². The van der Waals surface area contributed by atoms with Gasteiger partial charge >= 0.3 is 5.97 Å².